The third-order valence-electron chi connectivity index (χ3n) is 2.64. The number of nitrogens with one attached hydrogen (secondary N) is 2. The molecule has 2 rings (SSSR count). The van der Waals surface area contributed by atoms with Crippen molar-refractivity contribution in [2.45, 2.75) is 17.7 Å². The van der Waals surface area contributed by atoms with E-state index in [9.17, 15) is 17.2 Å². The minimum Gasteiger partial charge on any atom is -0.399 e. The maximum Gasteiger partial charge on any atom is 0.246 e. The molecule has 1 heterocycles. The van der Waals surface area contributed by atoms with Gasteiger partial charge in [0.25, 0.3) is 0 Å². The van der Waals surface area contributed by atoms with Crippen molar-refractivity contribution in [3.63, 3.8) is 0 Å². The van der Waals surface area contributed by atoms with E-state index in [1.165, 1.54) is 6.33 Å². The number of anilines is 1. The number of aromatic nitrogens is 3. The second-order valence-electron chi connectivity index (χ2n) is 4.25. The Kier molecular flexibility index (Phi) is 4.48. The Hall–Kier alpha value is -2.07. The highest BCUT2D eigenvalue weighted by molar-refractivity contribution is 7.89. The number of aromatic amines is 1. The molecule has 0 amide bonds. The van der Waals surface area contributed by atoms with E-state index in [1.807, 2.05) is 0 Å². The Morgan fingerprint density at radius 3 is 2.52 bits per heavy atom. The van der Waals surface area contributed by atoms with E-state index in [1.54, 1.807) is 0 Å². The lowest BCUT2D eigenvalue weighted by molar-refractivity contribution is 0.514. The number of benzene rings is 1. The van der Waals surface area contributed by atoms with Crippen LogP contribution in [0.2, 0.25) is 0 Å². The topological polar surface area (TPSA) is 114 Å². The summed E-state index contributed by atoms with van der Waals surface area (Å²) in [6, 6.07) is 1.51. The number of hydrogen-bond acceptors (Lipinski definition) is 5. The van der Waals surface area contributed by atoms with Gasteiger partial charge in [-0.15, -0.1) is 0 Å². The van der Waals surface area contributed by atoms with Crippen LogP contribution in [0.4, 0.5) is 14.5 Å². The Bertz CT molecular complexity index is 695. The number of H-pyrrole nitrogens is 1. The molecule has 0 unspecified atom stereocenters. The van der Waals surface area contributed by atoms with Gasteiger partial charge in [0, 0.05) is 18.7 Å². The molecule has 4 N–H and O–H groups in total. The van der Waals surface area contributed by atoms with Crippen molar-refractivity contribution >= 4 is 15.7 Å². The van der Waals surface area contributed by atoms with Gasteiger partial charge in [0.05, 0.1) is 0 Å². The molecule has 2 aromatic rings. The molecule has 0 spiro atoms. The van der Waals surface area contributed by atoms with Crippen LogP contribution in [0.3, 0.4) is 0 Å². The monoisotopic (exact) mass is 317 g/mol. The van der Waals surface area contributed by atoms with E-state index in [2.05, 4.69) is 19.9 Å². The maximum atomic E-state index is 13.6. The minimum atomic E-state index is -4.28. The quantitative estimate of drug-likeness (QED) is 0.532. The molecule has 7 nitrogen and oxygen atoms in total. The summed E-state index contributed by atoms with van der Waals surface area (Å²) in [4.78, 5) is 2.84. The molecule has 0 aliphatic carbocycles. The fraction of sp³-hybridized carbons (Fsp3) is 0.273. The van der Waals surface area contributed by atoms with Gasteiger partial charge < -0.3 is 5.73 Å². The molecule has 0 saturated heterocycles. The van der Waals surface area contributed by atoms with Crippen LogP contribution in [0.25, 0.3) is 0 Å². The van der Waals surface area contributed by atoms with Gasteiger partial charge in [0.15, 0.2) is 4.90 Å². The Balaban J connectivity index is 2.02. The predicted molar refractivity (Wildman–Crippen MR) is 70.7 cm³/mol. The molecule has 1 aromatic carbocycles. The van der Waals surface area contributed by atoms with Gasteiger partial charge in [-0.25, -0.2) is 26.9 Å². The predicted octanol–water partition coefficient (Wildman–Crippen LogP) is 0.576. The van der Waals surface area contributed by atoms with E-state index in [0.717, 1.165) is 12.1 Å². The van der Waals surface area contributed by atoms with Crippen LogP contribution in [0.5, 0.6) is 0 Å². The van der Waals surface area contributed by atoms with Crippen LogP contribution in [-0.2, 0) is 16.4 Å². The highest BCUT2D eigenvalue weighted by atomic mass is 32.2. The minimum absolute atomic E-state index is 0.00624. The molecule has 0 atom stereocenters. The normalized spacial score (nSPS) is 11.7. The first kappa shape index (κ1) is 15.3. The van der Waals surface area contributed by atoms with Crippen LogP contribution in [0, 0.1) is 11.6 Å². The van der Waals surface area contributed by atoms with Crippen molar-refractivity contribution in [3.8, 4) is 0 Å². The Labute approximate surface area is 119 Å². The molecule has 0 fully saturated rings. The van der Waals surface area contributed by atoms with Crippen molar-refractivity contribution in [2.24, 2.45) is 0 Å². The van der Waals surface area contributed by atoms with Crippen molar-refractivity contribution in [1.82, 2.24) is 19.9 Å². The molecule has 10 heteroatoms. The highest BCUT2D eigenvalue weighted by Gasteiger charge is 2.24. The van der Waals surface area contributed by atoms with Gasteiger partial charge in [-0.3, -0.25) is 5.10 Å². The van der Waals surface area contributed by atoms with Gasteiger partial charge in [0.2, 0.25) is 10.0 Å². The first-order chi connectivity index (χ1) is 9.90. The molecular weight excluding hydrogens is 304 g/mol. The van der Waals surface area contributed by atoms with Crippen LogP contribution in [0.15, 0.2) is 23.4 Å². The number of halogens is 2. The first-order valence-corrected chi connectivity index (χ1v) is 7.47. The Morgan fingerprint density at radius 1 is 1.29 bits per heavy atom. The number of aryl methyl sites for hydroxylation is 1. The highest BCUT2D eigenvalue weighted by Crippen LogP contribution is 2.21. The fourth-order valence-electron chi connectivity index (χ4n) is 1.72. The second-order valence-corrected chi connectivity index (χ2v) is 5.95. The number of sulfonamides is 1. The summed E-state index contributed by atoms with van der Waals surface area (Å²) in [5.74, 6) is -1.86. The molecule has 114 valence electrons. The number of nitrogens with zero attached hydrogens (tertiary/aromatic N) is 2. The van der Waals surface area contributed by atoms with Crippen LogP contribution < -0.4 is 10.5 Å². The summed E-state index contributed by atoms with van der Waals surface area (Å²) < 4.78 is 53.0. The van der Waals surface area contributed by atoms with Gasteiger partial charge in [-0.1, -0.05) is 0 Å². The average Bonchev–Trinajstić information content (AvgIpc) is 2.86. The molecule has 0 bridgehead atoms. The number of rotatable bonds is 6. The van der Waals surface area contributed by atoms with Crippen LogP contribution in [-0.4, -0.2) is 30.1 Å². The first-order valence-electron chi connectivity index (χ1n) is 5.98. The summed E-state index contributed by atoms with van der Waals surface area (Å²) in [6.07, 6.45) is 2.18. The van der Waals surface area contributed by atoms with Crippen molar-refractivity contribution in [3.05, 3.63) is 35.9 Å². The van der Waals surface area contributed by atoms with E-state index in [-0.39, 0.29) is 12.2 Å². The van der Waals surface area contributed by atoms with E-state index in [0.29, 0.717) is 18.7 Å². The van der Waals surface area contributed by atoms with Gasteiger partial charge in [0.1, 0.15) is 23.8 Å². The number of nitrogens with two attached hydrogens (primary N) is 1. The lowest BCUT2D eigenvalue weighted by Gasteiger charge is -2.09. The summed E-state index contributed by atoms with van der Waals surface area (Å²) in [7, 11) is -4.28. The van der Waals surface area contributed by atoms with Crippen LogP contribution >= 0.6 is 0 Å². The average molecular weight is 317 g/mol. The SMILES string of the molecule is Nc1cc(F)c(S(=O)(=O)NCCCc2ncn[nH]2)c(F)c1. The zero-order valence-electron chi connectivity index (χ0n) is 10.8. The van der Waals surface area contributed by atoms with Gasteiger partial charge in [-0.2, -0.15) is 5.10 Å². The molecule has 0 radical (unpaired) electrons. The third kappa shape index (κ3) is 3.73. The molecule has 1 aromatic heterocycles. The molecule has 0 aliphatic heterocycles. The zero-order chi connectivity index (χ0) is 15.5. The fourth-order valence-corrected chi connectivity index (χ4v) is 2.91. The molecule has 0 aliphatic rings. The van der Waals surface area contributed by atoms with Gasteiger partial charge in [-0.05, 0) is 18.6 Å². The van der Waals surface area contributed by atoms with Crippen LogP contribution in [0.1, 0.15) is 12.2 Å². The number of nitrogen functional groups attached to an aromatic ring is 1. The zero-order valence-corrected chi connectivity index (χ0v) is 11.6. The lowest BCUT2D eigenvalue weighted by Crippen LogP contribution is -2.27. The second kappa shape index (κ2) is 6.14. The number of hydrogen-bond donors (Lipinski definition) is 3. The standard InChI is InChI=1S/C11H13F2N5O2S/c12-8-4-7(14)5-9(13)11(8)21(19,20)17-3-1-2-10-15-6-16-18-10/h4-6,17H,1-3,14H2,(H,15,16,18). The molecular formula is C11H13F2N5O2S. The summed E-state index contributed by atoms with van der Waals surface area (Å²) in [5.41, 5.74) is 5.05. The molecule has 0 saturated carbocycles. The maximum absolute atomic E-state index is 13.6. The largest absolute Gasteiger partial charge is 0.399 e. The summed E-state index contributed by atoms with van der Waals surface area (Å²) in [5, 5.41) is 6.26. The van der Waals surface area contributed by atoms with Gasteiger partial charge >= 0.3 is 0 Å². The van der Waals surface area contributed by atoms with Crippen molar-refractivity contribution in [1.29, 1.82) is 0 Å². The van der Waals surface area contributed by atoms with E-state index >= 15 is 0 Å². The third-order valence-corrected chi connectivity index (χ3v) is 4.15. The van der Waals surface area contributed by atoms with E-state index in [4.69, 9.17) is 5.73 Å². The Morgan fingerprint density at radius 2 is 1.95 bits per heavy atom. The summed E-state index contributed by atoms with van der Waals surface area (Å²) >= 11 is 0. The smallest absolute Gasteiger partial charge is 0.246 e. The molecule has 21 heavy (non-hydrogen) atoms. The van der Waals surface area contributed by atoms with E-state index < -0.39 is 26.6 Å². The summed E-state index contributed by atoms with van der Waals surface area (Å²) in [6.45, 7) is 0.00624. The van der Waals surface area contributed by atoms with Crippen molar-refractivity contribution in [2.75, 3.05) is 12.3 Å². The van der Waals surface area contributed by atoms with Crippen molar-refractivity contribution < 1.29 is 17.2 Å². The lowest BCUT2D eigenvalue weighted by atomic mass is 10.3.